The summed E-state index contributed by atoms with van der Waals surface area (Å²) in [6.07, 6.45) is 9.48. The monoisotopic (exact) mass is 2100 g/mol. The third-order valence-corrected chi connectivity index (χ3v) is 37.0. The third-order valence-electron chi connectivity index (χ3n) is 28.9. The van der Waals surface area contributed by atoms with E-state index < -0.39 is 45.7 Å². The number of amides is 4. The highest BCUT2D eigenvalue weighted by Crippen LogP contribution is 2.51. The lowest BCUT2D eigenvalue weighted by molar-refractivity contribution is -0.275. The van der Waals surface area contributed by atoms with E-state index in [1.54, 1.807) is 105 Å². The Hall–Kier alpha value is -11.7. The molecule has 3 aliphatic carbocycles. The van der Waals surface area contributed by atoms with Gasteiger partial charge in [-0.25, -0.2) is 48.6 Å². The maximum Gasteiger partial charge on any atom is 0.573 e. The Balaban J connectivity index is 0.000000139. The first kappa shape index (κ1) is 107. The Morgan fingerprint density at radius 3 is 1.29 bits per heavy atom. The zero-order valence-electron chi connectivity index (χ0n) is 83.5. The lowest BCUT2D eigenvalue weighted by Crippen LogP contribution is -2.29. The van der Waals surface area contributed by atoms with Crippen LogP contribution in [0.15, 0.2) is 250 Å². The van der Waals surface area contributed by atoms with Crippen LogP contribution in [0.2, 0.25) is 5.02 Å². The maximum atomic E-state index is 13.4. The van der Waals surface area contributed by atoms with Gasteiger partial charge in [0.1, 0.15) is 16.5 Å². The van der Waals surface area contributed by atoms with Crippen molar-refractivity contribution in [3.63, 3.8) is 0 Å². The Kier molecular flexibility index (Phi) is 34.3. The normalized spacial score (nSPS) is 19.6. The SMILES string of the molecule is CCS(=O)(=O)c1ccc(CCC(=O)N2CC(c3cccc(Cl)c3)C(c3nc(C4CC4)cs3)C2)cc1.CCS(=O)(=O)c1ccc(CCC(=O)N2CC(c3ccccc3)C(c3ccccc3OC(F)(F)F)C2)cc1.CCS(=O)(=O)c1ccc(CCC(=O)N2CC(c3ccccc3)C(c3nn(C(C)C)nc3C3CC3)C2)nc1.CCS(=O)(=O)c1cnc(CCC(=O)N2CC(c3ccccc3)C(c3cc(C4CC4)nn3C(C)C)C2)nc1. The molecule has 0 radical (unpaired) electrons. The molecule has 8 unspecified atom stereocenters. The number of ether oxygens (including phenoxy) is 1. The minimum Gasteiger partial charge on any atom is -0.405 e. The fraction of sp³-hybridized carbons (Fsp3) is 0.432. The van der Waals surface area contributed by atoms with E-state index in [9.17, 15) is 66.0 Å². The van der Waals surface area contributed by atoms with Crippen LogP contribution >= 0.6 is 22.9 Å². The van der Waals surface area contributed by atoms with Crippen LogP contribution in [0.1, 0.15) is 281 Å². The molecule has 4 saturated heterocycles. The highest BCUT2D eigenvalue weighted by molar-refractivity contribution is 7.92. The smallest absolute Gasteiger partial charge is 0.405 e. The van der Waals surface area contributed by atoms with E-state index in [-0.39, 0.29) is 146 Å². The van der Waals surface area contributed by atoms with Gasteiger partial charge in [-0.15, -0.1) is 24.5 Å². The molecule has 8 atom stereocenters. The van der Waals surface area contributed by atoms with Crippen LogP contribution in [-0.2, 0) is 84.2 Å². The molecule has 0 N–H and O–H groups in total. The van der Waals surface area contributed by atoms with Crippen molar-refractivity contribution in [3.8, 4) is 5.75 Å². The van der Waals surface area contributed by atoms with E-state index in [1.807, 2.05) is 92.3 Å². The molecule has 7 aromatic carbocycles. The highest BCUT2D eigenvalue weighted by atomic mass is 35.5. The number of thiazole rings is 1. The van der Waals surface area contributed by atoms with Crippen LogP contribution < -0.4 is 4.74 Å². The Morgan fingerprint density at radius 1 is 0.404 bits per heavy atom. The minimum atomic E-state index is -4.82. The Morgan fingerprint density at radius 2 is 0.815 bits per heavy atom. The van der Waals surface area contributed by atoms with E-state index in [1.165, 1.54) is 84.6 Å². The van der Waals surface area contributed by atoms with Crippen LogP contribution in [0.5, 0.6) is 5.75 Å². The van der Waals surface area contributed by atoms with Gasteiger partial charge < -0.3 is 24.3 Å². The first-order chi connectivity index (χ1) is 69.9. The summed E-state index contributed by atoms with van der Waals surface area (Å²) in [5.74, 6) is 2.58. The number of nitrogens with zero attached hydrogens (tertiary/aromatic N) is 13. The fourth-order valence-electron chi connectivity index (χ4n) is 19.9. The van der Waals surface area contributed by atoms with E-state index in [0.717, 1.165) is 57.2 Å². The van der Waals surface area contributed by atoms with Crippen molar-refractivity contribution in [3.05, 3.63) is 319 Å². The van der Waals surface area contributed by atoms with Gasteiger partial charge in [0.2, 0.25) is 23.6 Å². The van der Waals surface area contributed by atoms with Crippen molar-refractivity contribution in [2.24, 2.45) is 0 Å². The average molecular weight is 2100 g/mol. The quantitative estimate of drug-likeness (QED) is 0.0361. The zero-order valence-corrected chi connectivity index (χ0v) is 88.3. The zero-order chi connectivity index (χ0) is 104. The molecule has 146 heavy (non-hydrogen) atoms. The van der Waals surface area contributed by atoms with Gasteiger partial charge in [-0.05, 0) is 180 Å². The Bertz CT molecular complexity index is 6830. The molecule has 772 valence electrons. The molecule has 12 aromatic rings. The number of pyridine rings is 1. The molecule has 19 rings (SSSR count). The number of alkyl halides is 3. The molecule has 4 amide bonds. The average Bonchev–Trinajstić information content (AvgIpc) is 1.61. The molecule has 26 nitrogen and oxygen atoms in total. The molecule has 3 saturated carbocycles. The number of hydrogen-bond acceptors (Lipinski definition) is 21. The van der Waals surface area contributed by atoms with Crippen molar-refractivity contribution in [1.82, 2.24) is 64.3 Å². The molecule has 4 aliphatic heterocycles. The van der Waals surface area contributed by atoms with Gasteiger partial charge in [0.25, 0.3) is 0 Å². The predicted octanol–water partition coefficient (Wildman–Crippen LogP) is 20.1. The number of aryl methyl sites for hydroxylation is 4. The number of aromatic nitrogens is 9. The highest BCUT2D eigenvalue weighted by Gasteiger charge is 2.47. The van der Waals surface area contributed by atoms with Gasteiger partial charge in [0.05, 0.1) is 71.5 Å². The minimum absolute atomic E-state index is 0.00472. The predicted molar refractivity (Wildman–Crippen MR) is 557 cm³/mol. The van der Waals surface area contributed by atoms with Gasteiger partial charge in [-0.1, -0.05) is 185 Å². The van der Waals surface area contributed by atoms with Gasteiger partial charge in [-0.2, -0.15) is 20.1 Å². The van der Waals surface area contributed by atoms with Crippen LogP contribution in [0, 0.1) is 0 Å². The second kappa shape index (κ2) is 46.8. The summed E-state index contributed by atoms with van der Waals surface area (Å²) >= 11 is 8.02. The molecule has 5 aromatic heterocycles. The molecular formula is C111H127ClF3N13O13S5. The number of carbonyl (C=O) groups is 4. The van der Waals surface area contributed by atoms with E-state index in [0.29, 0.717) is 123 Å². The number of sulfone groups is 4. The summed E-state index contributed by atoms with van der Waals surface area (Å²) < 4.78 is 142. The second-order valence-corrected chi connectivity index (χ2v) is 49.9. The molecule has 0 bridgehead atoms. The lowest BCUT2D eigenvalue weighted by Gasteiger charge is -2.22. The molecule has 9 heterocycles. The molecule has 7 fully saturated rings. The van der Waals surface area contributed by atoms with Crippen molar-refractivity contribution in [1.29, 1.82) is 0 Å². The summed E-state index contributed by atoms with van der Waals surface area (Å²) in [4.78, 5) is 81.1. The number of halogens is 4. The largest absolute Gasteiger partial charge is 0.573 e. The van der Waals surface area contributed by atoms with Gasteiger partial charge in [0, 0.05) is 202 Å². The third kappa shape index (κ3) is 26.7. The lowest BCUT2D eigenvalue weighted by atomic mass is 9.84. The summed E-state index contributed by atoms with van der Waals surface area (Å²) in [6, 6.07) is 63.8. The van der Waals surface area contributed by atoms with Crippen molar-refractivity contribution >= 4 is 85.9 Å². The van der Waals surface area contributed by atoms with E-state index in [2.05, 4.69) is 118 Å². The molecule has 7 aliphatic rings. The van der Waals surface area contributed by atoms with Crippen LogP contribution in [0.25, 0.3) is 0 Å². The van der Waals surface area contributed by atoms with Gasteiger partial charge >= 0.3 is 6.36 Å². The fourth-order valence-corrected chi connectivity index (χ4v) is 24.6. The molecule has 0 spiro atoms. The molecular weight excluding hydrogens is 1980 g/mol. The van der Waals surface area contributed by atoms with Crippen molar-refractivity contribution < 1.29 is 70.8 Å². The number of rotatable bonds is 34. The number of para-hydroxylation sites is 1. The maximum absolute atomic E-state index is 13.4. The van der Waals surface area contributed by atoms with Gasteiger partial charge in [-0.3, -0.25) is 28.8 Å². The number of carbonyl (C=O) groups excluding carboxylic acids is 4. The number of benzene rings is 7. The van der Waals surface area contributed by atoms with E-state index in [4.69, 9.17) is 31.9 Å². The van der Waals surface area contributed by atoms with Crippen molar-refractivity contribution in [2.45, 2.75) is 248 Å². The Labute approximate surface area is 863 Å². The second-order valence-electron chi connectivity index (χ2n) is 39.5. The summed E-state index contributed by atoms with van der Waals surface area (Å²) in [7, 11) is -13.1. The van der Waals surface area contributed by atoms with Crippen LogP contribution in [0.4, 0.5) is 13.2 Å². The number of hydrogen-bond donors (Lipinski definition) is 0. The van der Waals surface area contributed by atoms with Crippen molar-refractivity contribution in [2.75, 3.05) is 75.4 Å². The van der Waals surface area contributed by atoms with Crippen LogP contribution in [-0.4, -0.2) is 203 Å². The topological polar surface area (TPSA) is 327 Å². The first-order valence-electron chi connectivity index (χ1n) is 50.7. The molecule has 35 heteroatoms. The summed E-state index contributed by atoms with van der Waals surface area (Å²) in [6.45, 7) is 19.5. The van der Waals surface area contributed by atoms with Crippen LogP contribution in [0.3, 0.4) is 0 Å². The van der Waals surface area contributed by atoms with Gasteiger partial charge in [0.15, 0.2) is 39.3 Å². The summed E-state index contributed by atoms with van der Waals surface area (Å²) in [5, 5.41) is 18.8. The number of likely N-dealkylation sites (tertiary alicyclic amines) is 4. The first-order valence-corrected chi connectivity index (χ1v) is 58.5. The summed E-state index contributed by atoms with van der Waals surface area (Å²) in [5.41, 5.74) is 13.2. The van der Waals surface area contributed by atoms with E-state index >= 15 is 0 Å². The standard InChI is InChI=1S/C28H28F3NO4S.2C28H35N5O3S.C27H29ClN2O3S2/c1-2-37(34,35)22-15-12-20(13-16-22)14-17-27(33)32-18-24(21-8-4-3-5-9-21)25(19-32)23-10-6-7-11-26(23)36-28(29,30)31;1-4-37(35,36)23-14-12-22(29-16-23)13-15-26(34)32-17-24(20-8-6-5-7-9-20)25(18-32)28-27(21-10-11-21)30-33(31-28)19(2)3;1-4-37(35,36)22-15-29-27(30-16-22)12-13-28(34)32-17-23(20-8-6-5-7-9-20)24(18-32)26-14-25(21-10-11-21)31-33(26)19(2)3;1-2-35(32,33)22-11-6-18(7-12-22)8-13-26(31)30-15-23(20-4-3-5-21(28)14-20)24(16-30)27-29-25(17-34-27)19-9-10-19/h3-13,15-16,24-25H,2,14,17-19H2,1H3;5-9,12,14,16,19,21,24-25H,4,10-11,13,15,17-18H2,1-3H3;5-9,14-16,19,21,23-24H,4,10-13,17-18H2,1-3H3;3-7,11-12,14,17,19,23-24H,2,8-10,13,15-16H2,1H3.